The molecule has 4 heterocycles. The zero-order valence-corrected chi connectivity index (χ0v) is 20.1. The van der Waals surface area contributed by atoms with Crippen LogP contribution in [-0.2, 0) is 32.2 Å². The highest BCUT2D eigenvalue weighted by Gasteiger charge is 2.45. The molecule has 0 aliphatic carbocycles. The monoisotopic (exact) mass is 562 g/mol. The van der Waals surface area contributed by atoms with E-state index in [1.165, 1.54) is 6.42 Å². The number of carbonyl (C=O) groups is 2. The number of aliphatic carboxylic acids is 2. The Balaban J connectivity index is 0.000000286. The van der Waals surface area contributed by atoms with Crippen molar-refractivity contribution in [3.8, 4) is 0 Å². The predicted molar refractivity (Wildman–Crippen MR) is 115 cm³/mol. The number of hydrogen-bond donors (Lipinski definition) is 2. The van der Waals surface area contributed by atoms with Crippen LogP contribution in [0.4, 0.5) is 26.3 Å². The van der Waals surface area contributed by atoms with E-state index in [0.717, 1.165) is 42.6 Å². The first kappa shape index (κ1) is 30.5. The van der Waals surface area contributed by atoms with E-state index in [4.69, 9.17) is 33.7 Å². The van der Waals surface area contributed by atoms with Gasteiger partial charge in [-0.3, -0.25) is 4.90 Å². The lowest BCUT2D eigenvalue weighted by Crippen LogP contribution is -2.41. The summed E-state index contributed by atoms with van der Waals surface area (Å²) in [6.45, 7) is 5.14. The van der Waals surface area contributed by atoms with Gasteiger partial charge in [0.2, 0.25) is 0 Å². The highest BCUT2D eigenvalue weighted by Crippen LogP contribution is 2.32. The van der Waals surface area contributed by atoms with Crippen LogP contribution in [0.25, 0.3) is 0 Å². The molecule has 2 saturated heterocycles. The lowest BCUT2D eigenvalue weighted by atomic mass is 10.0. The normalized spacial score (nSPS) is 21.8. The largest absolute Gasteiger partial charge is 0.490 e. The first-order valence-corrected chi connectivity index (χ1v) is 11.6. The number of ether oxygens (including phenoxy) is 2. The number of furan rings is 1. The number of aryl methyl sites for hydroxylation is 1. The highest BCUT2D eigenvalue weighted by atomic mass is 32.1. The average Bonchev–Trinajstić information content (AvgIpc) is 3.54. The standard InChI is InChI=1S/C17H22N2O3S.2C2HF3O2/c1-12-18-13(11-23-12)10-22-16-9-19(8-14-4-2-6-20-14)15-5-3-7-21-17(15)16;2*3-2(4,5)1(6)7/h2,4,6,11,15-17H,3,5,7-10H2,1H3;2*(H,6,7)/t15-,16+,17+;;/m1../s1. The van der Waals surface area contributed by atoms with Crippen molar-refractivity contribution in [2.75, 3.05) is 13.2 Å². The zero-order chi connectivity index (χ0) is 27.8. The number of carboxylic acids is 2. The van der Waals surface area contributed by atoms with E-state index in [1.807, 2.05) is 19.1 Å². The number of aromatic nitrogens is 1. The van der Waals surface area contributed by atoms with Gasteiger partial charge in [0.15, 0.2) is 0 Å². The number of likely N-dealkylation sites (tertiary alicyclic amines) is 1. The fraction of sp³-hybridized carbons (Fsp3) is 0.571. The van der Waals surface area contributed by atoms with Crippen LogP contribution in [-0.4, -0.2) is 75.8 Å². The topological polar surface area (TPSA) is 122 Å². The molecule has 0 saturated carbocycles. The average molecular weight is 562 g/mol. The molecule has 0 bridgehead atoms. The van der Waals surface area contributed by atoms with E-state index in [1.54, 1.807) is 17.6 Å². The fourth-order valence-corrected chi connectivity index (χ4v) is 4.20. The number of thiazole rings is 1. The SMILES string of the molecule is Cc1nc(CO[C@H]2CN(Cc3ccco3)[C@@H]3CCCO[C@H]23)cs1.O=C(O)C(F)(F)F.O=C(O)C(F)(F)F. The van der Waals surface area contributed by atoms with E-state index < -0.39 is 24.3 Å². The number of alkyl halides is 6. The summed E-state index contributed by atoms with van der Waals surface area (Å²) in [5.41, 5.74) is 1.02. The molecule has 2 N–H and O–H groups in total. The molecule has 2 aliphatic heterocycles. The molecule has 3 atom stereocenters. The summed E-state index contributed by atoms with van der Waals surface area (Å²) in [6, 6.07) is 4.40. The molecule has 0 spiro atoms. The quantitative estimate of drug-likeness (QED) is 0.515. The molecule has 0 aromatic carbocycles. The van der Waals surface area contributed by atoms with Gasteiger partial charge in [-0.25, -0.2) is 14.6 Å². The number of nitrogens with zero attached hydrogens (tertiary/aromatic N) is 2. The van der Waals surface area contributed by atoms with E-state index in [9.17, 15) is 26.3 Å². The molecule has 0 amide bonds. The van der Waals surface area contributed by atoms with Crippen LogP contribution in [0.3, 0.4) is 0 Å². The molecule has 0 radical (unpaired) electrons. The van der Waals surface area contributed by atoms with Crippen LogP contribution >= 0.6 is 11.3 Å². The number of hydrogen-bond acceptors (Lipinski definition) is 8. The second-order valence-electron chi connectivity index (χ2n) is 7.87. The Bertz CT molecular complexity index is 972. The molecular formula is C21H24F6N2O7S. The Kier molecular flexibility index (Phi) is 10.9. The Morgan fingerprint density at radius 2 is 1.81 bits per heavy atom. The van der Waals surface area contributed by atoms with Crippen molar-refractivity contribution in [1.29, 1.82) is 0 Å². The highest BCUT2D eigenvalue weighted by molar-refractivity contribution is 7.09. The van der Waals surface area contributed by atoms with Gasteiger partial charge in [0, 0.05) is 24.6 Å². The number of fused-ring (bicyclic) bond motifs is 1. The van der Waals surface area contributed by atoms with Crippen molar-refractivity contribution < 1.29 is 60.0 Å². The van der Waals surface area contributed by atoms with Gasteiger partial charge in [-0.15, -0.1) is 11.3 Å². The van der Waals surface area contributed by atoms with Crippen molar-refractivity contribution >= 4 is 23.3 Å². The molecule has 2 aliphatic rings. The molecule has 37 heavy (non-hydrogen) atoms. The molecule has 2 aromatic heterocycles. The Labute approximate surface area is 210 Å². The number of carboxylic acid groups (broad SMARTS) is 2. The lowest BCUT2D eigenvalue weighted by molar-refractivity contribution is -0.193. The van der Waals surface area contributed by atoms with Gasteiger partial charge in [0.05, 0.1) is 36.2 Å². The summed E-state index contributed by atoms with van der Waals surface area (Å²) in [7, 11) is 0. The Morgan fingerprint density at radius 1 is 1.19 bits per heavy atom. The van der Waals surface area contributed by atoms with Crippen molar-refractivity contribution in [3.63, 3.8) is 0 Å². The second kappa shape index (κ2) is 13.2. The first-order chi connectivity index (χ1) is 17.2. The van der Waals surface area contributed by atoms with Gasteiger partial charge >= 0.3 is 24.3 Å². The van der Waals surface area contributed by atoms with E-state index in [-0.39, 0.29) is 12.2 Å². The fourth-order valence-electron chi connectivity index (χ4n) is 3.60. The third-order valence-electron chi connectivity index (χ3n) is 5.12. The minimum atomic E-state index is -5.08. The van der Waals surface area contributed by atoms with Crippen LogP contribution in [0.1, 0.15) is 29.3 Å². The van der Waals surface area contributed by atoms with E-state index >= 15 is 0 Å². The van der Waals surface area contributed by atoms with Gasteiger partial charge < -0.3 is 24.1 Å². The van der Waals surface area contributed by atoms with E-state index in [2.05, 4.69) is 15.3 Å². The maximum absolute atomic E-state index is 10.6. The van der Waals surface area contributed by atoms with Gasteiger partial charge in [0.25, 0.3) is 0 Å². The van der Waals surface area contributed by atoms with Gasteiger partial charge in [-0.1, -0.05) is 0 Å². The molecule has 0 unspecified atom stereocenters. The molecule has 16 heteroatoms. The summed E-state index contributed by atoms with van der Waals surface area (Å²) in [4.78, 5) is 24.7. The molecule has 2 fully saturated rings. The first-order valence-electron chi connectivity index (χ1n) is 10.7. The Hall–Kier alpha value is -2.69. The smallest absolute Gasteiger partial charge is 0.475 e. The van der Waals surface area contributed by atoms with Crippen molar-refractivity contribution in [1.82, 2.24) is 9.88 Å². The third-order valence-corrected chi connectivity index (χ3v) is 5.94. The van der Waals surface area contributed by atoms with Crippen LogP contribution in [0.2, 0.25) is 0 Å². The maximum atomic E-state index is 10.6. The van der Waals surface area contributed by atoms with Crippen LogP contribution in [0.15, 0.2) is 28.2 Å². The summed E-state index contributed by atoms with van der Waals surface area (Å²) in [5, 5.41) is 17.4. The van der Waals surface area contributed by atoms with Crippen LogP contribution in [0.5, 0.6) is 0 Å². The van der Waals surface area contributed by atoms with Crippen molar-refractivity contribution in [2.24, 2.45) is 0 Å². The number of halogens is 6. The van der Waals surface area contributed by atoms with Crippen LogP contribution < -0.4 is 0 Å². The van der Waals surface area contributed by atoms with Gasteiger partial charge in [-0.05, 0) is 31.9 Å². The minimum Gasteiger partial charge on any atom is -0.475 e. The third kappa shape index (κ3) is 9.94. The number of rotatable bonds is 5. The van der Waals surface area contributed by atoms with Gasteiger partial charge in [-0.2, -0.15) is 26.3 Å². The van der Waals surface area contributed by atoms with Crippen molar-refractivity contribution in [2.45, 2.75) is 63.5 Å². The Morgan fingerprint density at radius 3 is 2.30 bits per heavy atom. The van der Waals surface area contributed by atoms with Gasteiger partial charge in [0.1, 0.15) is 11.9 Å². The summed E-state index contributed by atoms with van der Waals surface area (Å²) < 4.78 is 81.2. The summed E-state index contributed by atoms with van der Waals surface area (Å²) >= 11 is 1.67. The molecule has 2 aromatic rings. The summed E-state index contributed by atoms with van der Waals surface area (Å²) in [6.07, 6.45) is -5.87. The predicted octanol–water partition coefficient (Wildman–Crippen LogP) is 4.26. The summed E-state index contributed by atoms with van der Waals surface area (Å²) in [5.74, 6) is -4.51. The van der Waals surface area contributed by atoms with Crippen molar-refractivity contribution in [3.05, 3.63) is 40.2 Å². The molecular weight excluding hydrogens is 538 g/mol. The van der Waals surface area contributed by atoms with Crippen LogP contribution in [0, 0.1) is 6.92 Å². The molecule has 208 valence electrons. The lowest BCUT2D eigenvalue weighted by Gasteiger charge is -2.31. The minimum absolute atomic E-state index is 0.109. The zero-order valence-electron chi connectivity index (χ0n) is 19.3. The second-order valence-corrected chi connectivity index (χ2v) is 8.93. The molecule has 4 rings (SSSR count). The maximum Gasteiger partial charge on any atom is 0.490 e. The molecule has 9 nitrogen and oxygen atoms in total. The van der Waals surface area contributed by atoms with E-state index in [0.29, 0.717) is 12.6 Å².